The van der Waals surface area contributed by atoms with Gasteiger partial charge in [0.25, 0.3) is 0 Å². The summed E-state index contributed by atoms with van der Waals surface area (Å²) in [4.78, 5) is 24.4. The van der Waals surface area contributed by atoms with Crippen LogP contribution in [0.25, 0.3) is 0 Å². The van der Waals surface area contributed by atoms with Gasteiger partial charge in [-0.15, -0.1) is 0 Å². The van der Waals surface area contributed by atoms with Gasteiger partial charge in [-0.1, -0.05) is 231 Å². The van der Waals surface area contributed by atoms with Crippen LogP contribution in [0.3, 0.4) is 0 Å². The Bertz CT molecular complexity index is 904. The molecular formula is C52H99NO5. The molecule has 0 aliphatic heterocycles. The van der Waals surface area contributed by atoms with E-state index in [0.717, 1.165) is 44.9 Å². The molecule has 0 rings (SSSR count). The van der Waals surface area contributed by atoms with Crippen molar-refractivity contribution in [3.63, 3.8) is 0 Å². The minimum atomic E-state index is -0.844. The Morgan fingerprint density at radius 3 is 1.28 bits per heavy atom. The van der Waals surface area contributed by atoms with Crippen LogP contribution in [0.2, 0.25) is 0 Å². The SMILES string of the molecule is CCCC/C=C\CCCCCCCC(=O)OCCCCCCCCCCCCCCCCCCCCCC(=O)NC(CO)C(O)/C=C/CCCCCCCCCCC. The second kappa shape index (κ2) is 48.0. The minimum absolute atomic E-state index is 0.00334. The molecule has 0 bridgehead atoms. The molecule has 2 unspecified atom stereocenters. The van der Waals surface area contributed by atoms with Crippen molar-refractivity contribution in [3.05, 3.63) is 24.3 Å². The fourth-order valence-corrected chi connectivity index (χ4v) is 7.73. The Kier molecular flexibility index (Phi) is 46.6. The summed E-state index contributed by atoms with van der Waals surface area (Å²) in [6.45, 7) is 4.84. The zero-order chi connectivity index (χ0) is 42.3. The average molecular weight is 818 g/mol. The van der Waals surface area contributed by atoms with Gasteiger partial charge in [-0.25, -0.2) is 0 Å². The molecule has 0 saturated carbocycles. The maximum atomic E-state index is 12.4. The second-order valence-corrected chi connectivity index (χ2v) is 17.5. The third-order valence-corrected chi connectivity index (χ3v) is 11.7. The quantitative estimate of drug-likeness (QED) is 0.0323. The van der Waals surface area contributed by atoms with Gasteiger partial charge in [0.2, 0.25) is 5.91 Å². The zero-order valence-electron chi connectivity index (χ0n) is 38.8. The van der Waals surface area contributed by atoms with Crippen molar-refractivity contribution in [2.75, 3.05) is 13.2 Å². The molecule has 3 N–H and O–H groups in total. The number of ether oxygens (including phenoxy) is 1. The van der Waals surface area contributed by atoms with E-state index in [9.17, 15) is 19.8 Å². The van der Waals surface area contributed by atoms with Crippen LogP contribution in [0.15, 0.2) is 24.3 Å². The number of hydrogen-bond acceptors (Lipinski definition) is 5. The lowest BCUT2D eigenvalue weighted by molar-refractivity contribution is -0.143. The number of aliphatic hydroxyl groups is 2. The summed E-state index contributed by atoms with van der Waals surface area (Å²) >= 11 is 0. The largest absolute Gasteiger partial charge is 0.466 e. The highest BCUT2D eigenvalue weighted by Crippen LogP contribution is 2.16. The van der Waals surface area contributed by atoms with Crippen molar-refractivity contribution in [3.8, 4) is 0 Å². The molecule has 0 aromatic rings. The number of amides is 1. The molecule has 0 aliphatic rings. The first-order chi connectivity index (χ1) is 28.5. The Hall–Kier alpha value is -1.66. The summed E-state index contributed by atoms with van der Waals surface area (Å²) in [5, 5.41) is 23.0. The first kappa shape index (κ1) is 56.3. The van der Waals surface area contributed by atoms with E-state index in [4.69, 9.17) is 4.74 Å². The number of esters is 1. The van der Waals surface area contributed by atoms with Gasteiger partial charge in [0.05, 0.1) is 25.4 Å². The number of nitrogens with one attached hydrogen (secondary N) is 1. The fourth-order valence-electron chi connectivity index (χ4n) is 7.73. The van der Waals surface area contributed by atoms with E-state index in [0.29, 0.717) is 19.4 Å². The topological polar surface area (TPSA) is 95.9 Å². The molecule has 2 atom stereocenters. The van der Waals surface area contributed by atoms with Crippen molar-refractivity contribution in [1.82, 2.24) is 5.32 Å². The molecule has 342 valence electrons. The predicted octanol–water partition coefficient (Wildman–Crippen LogP) is 15.1. The molecule has 6 heteroatoms. The number of hydrogen-bond donors (Lipinski definition) is 3. The van der Waals surface area contributed by atoms with Gasteiger partial charge >= 0.3 is 5.97 Å². The molecule has 0 aromatic carbocycles. The number of allylic oxidation sites excluding steroid dienone is 3. The predicted molar refractivity (Wildman–Crippen MR) is 250 cm³/mol. The molecule has 58 heavy (non-hydrogen) atoms. The Balaban J connectivity index is 3.42. The molecule has 0 aromatic heterocycles. The van der Waals surface area contributed by atoms with E-state index in [1.807, 2.05) is 6.08 Å². The number of carbonyl (C=O) groups is 2. The van der Waals surface area contributed by atoms with Crippen molar-refractivity contribution < 1.29 is 24.5 Å². The summed E-state index contributed by atoms with van der Waals surface area (Å²) < 4.78 is 5.45. The molecule has 0 radical (unpaired) electrons. The van der Waals surface area contributed by atoms with Crippen molar-refractivity contribution in [1.29, 1.82) is 0 Å². The van der Waals surface area contributed by atoms with Crippen molar-refractivity contribution in [2.24, 2.45) is 0 Å². The van der Waals surface area contributed by atoms with Crippen LogP contribution in [0.1, 0.15) is 271 Å². The van der Waals surface area contributed by atoms with Crippen LogP contribution in [0.4, 0.5) is 0 Å². The molecule has 6 nitrogen and oxygen atoms in total. The fraction of sp³-hybridized carbons (Fsp3) is 0.885. The third kappa shape index (κ3) is 43.9. The summed E-state index contributed by atoms with van der Waals surface area (Å²) in [6.07, 6.45) is 56.1. The zero-order valence-corrected chi connectivity index (χ0v) is 38.8. The Morgan fingerprint density at radius 1 is 0.466 bits per heavy atom. The Labute approximate surface area is 361 Å². The van der Waals surface area contributed by atoms with Gasteiger partial charge in [0.1, 0.15) is 0 Å². The highest BCUT2D eigenvalue weighted by Gasteiger charge is 2.18. The van der Waals surface area contributed by atoms with E-state index < -0.39 is 12.1 Å². The van der Waals surface area contributed by atoms with Crippen LogP contribution < -0.4 is 5.32 Å². The normalized spacial score (nSPS) is 12.8. The second-order valence-electron chi connectivity index (χ2n) is 17.5. The van der Waals surface area contributed by atoms with Crippen LogP contribution in [-0.4, -0.2) is 47.4 Å². The maximum absolute atomic E-state index is 12.4. The molecule has 0 spiro atoms. The number of unbranched alkanes of at least 4 members (excludes halogenated alkanes) is 34. The van der Waals surface area contributed by atoms with E-state index in [1.54, 1.807) is 6.08 Å². The number of carbonyl (C=O) groups excluding carboxylic acids is 2. The number of aliphatic hydroxyl groups excluding tert-OH is 2. The first-order valence-electron chi connectivity index (χ1n) is 25.6. The van der Waals surface area contributed by atoms with Crippen LogP contribution in [0, 0.1) is 0 Å². The third-order valence-electron chi connectivity index (χ3n) is 11.7. The monoisotopic (exact) mass is 818 g/mol. The summed E-state index contributed by atoms with van der Waals surface area (Å²) in [5.41, 5.74) is 0. The average Bonchev–Trinajstić information content (AvgIpc) is 3.22. The standard InChI is InChI=1S/C52H99NO5/c1-3-5-7-9-11-13-24-28-32-36-40-44-50(55)49(48-54)53-51(56)45-41-37-33-29-26-22-20-18-16-15-17-19-21-23-27-31-35-39-43-47-58-52(57)46-42-38-34-30-25-14-12-10-8-6-4-2/h10,12,40,44,49-50,54-55H,3-9,11,13-39,41-43,45-48H2,1-2H3,(H,53,56)/b12-10-,44-40+. The highest BCUT2D eigenvalue weighted by atomic mass is 16.5. The van der Waals surface area contributed by atoms with E-state index in [-0.39, 0.29) is 18.5 Å². The molecule has 1 amide bonds. The first-order valence-corrected chi connectivity index (χ1v) is 25.6. The van der Waals surface area contributed by atoms with Crippen LogP contribution in [0.5, 0.6) is 0 Å². The summed E-state index contributed by atoms with van der Waals surface area (Å²) in [7, 11) is 0. The van der Waals surface area contributed by atoms with Gasteiger partial charge in [-0.2, -0.15) is 0 Å². The maximum Gasteiger partial charge on any atom is 0.305 e. The van der Waals surface area contributed by atoms with Crippen molar-refractivity contribution >= 4 is 11.9 Å². The number of rotatable bonds is 47. The van der Waals surface area contributed by atoms with Gasteiger partial charge in [-0.3, -0.25) is 9.59 Å². The lowest BCUT2D eigenvalue weighted by atomic mass is 10.0. The minimum Gasteiger partial charge on any atom is -0.466 e. The van der Waals surface area contributed by atoms with Gasteiger partial charge < -0.3 is 20.3 Å². The molecule has 0 aliphatic carbocycles. The highest BCUT2D eigenvalue weighted by molar-refractivity contribution is 5.76. The van der Waals surface area contributed by atoms with Crippen LogP contribution in [-0.2, 0) is 14.3 Å². The molecular weight excluding hydrogens is 719 g/mol. The lowest BCUT2D eigenvalue weighted by Crippen LogP contribution is -2.45. The Morgan fingerprint density at radius 2 is 0.828 bits per heavy atom. The van der Waals surface area contributed by atoms with Crippen molar-refractivity contribution in [2.45, 2.75) is 283 Å². The van der Waals surface area contributed by atoms with Crippen LogP contribution >= 0.6 is 0 Å². The van der Waals surface area contributed by atoms with Gasteiger partial charge in [0, 0.05) is 12.8 Å². The van der Waals surface area contributed by atoms with E-state index >= 15 is 0 Å². The summed E-state index contributed by atoms with van der Waals surface area (Å²) in [5.74, 6) is -0.0758. The summed E-state index contributed by atoms with van der Waals surface area (Å²) in [6, 6.07) is -0.628. The van der Waals surface area contributed by atoms with E-state index in [1.165, 1.54) is 199 Å². The molecule has 0 heterocycles. The molecule has 0 saturated heterocycles. The van der Waals surface area contributed by atoms with Gasteiger partial charge in [-0.05, 0) is 51.4 Å². The smallest absolute Gasteiger partial charge is 0.305 e. The van der Waals surface area contributed by atoms with E-state index in [2.05, 4.69) is 31.3 Å². The molecule has 0 fully saturated rings. The lowest BCUT2D eigenvalue weighted by Gasteiger charge is -2.20. The van der Waals surface area contributed by atoms with Gasteiger partial charge in [0.15, 0.2) is 0 Å².